The minimum Gasteiger partial charge on any atom is -0.464 e. The smallest absolute Gasteiger partial charge is 0.123 e. The predicted molar refractivity (Wildman–Crippen MR) is 88.7 cm³/mol. The van der Waals surface area contributed by atoms with E-state index < -0.39 is 0 Å². The van der Waals surface area contributed by atoms with E-state index in [1.165, 1.54) is 16.8 Å². The fourth-order valence-electron chi connectivity index (χ4n) is 2.47. The highest BCUT2D eigenvalue weighted by Gasteiger charge is 2.08. The summed E-state index contributed by atoms with van der Waals surface area (Å²) in [4.78, 5) is 2.23. The van der Waals surface area contributed by atoms with E-state index in [9.17, 15) is 0 Å². The number of furan rings is 1. The molecule has 2 rings (SSSR count). The van der Waals surface area contributed by atoms with E-state index in [1.54, 1.807) is 0 Å². The third-order valence-corrected chi connectivity index (χ3v) is 3.58. The normalized spacial score (nSPS) is 11.1. The predicted octanol–water partition coefficient (Wildman–Crippen LogP) is 4.03. The van der Waals surface area contributed by atoms with Gasteiger partial charge < -0.3 is 14.6 Å². The second kappa shape index (κ2) is 6.81. The van der Waals surface area contributed by atoms with Crippen molar-refractivity contribution in [3.63, 3.8) is 0 Å². The molecule has 0 fully saturated rings. The molecule has 1 aromatic heterocycles. The molecular formula is C18H26N2O. The number of nitrogens with zero attached hydrogens (tertiary/aromatic N) is 1. The SMILES string of the molecule is Cc1ccc(CN(C)c2ccc(CNC(C)C)cc2C)o1. The lowest BCUT2D eigenvalue weighted by atomic mass is 10.1. The molecule has 0 saturated carbocycles. The van der Waals surface area contributed by atoms with E-state index >= 15 is 0 Å². The molecule has 114 valence electrons. The standard InChI is InChI=1S/C18H26N2O/c1-13(2)19-11-16-7-9-18(14(3)10-16)20(5)12-17-8-6-15(4)21-17/h6-10,13,19H,11-12H2,1-5H3. The largest absolute Gasteiger partial charge is 0.464 e. The summed E-state index contributed by atoms with van der Waals surface area (Å²) in [5.41, 5.74) is 3.87. The zero-order valence-corrected chi connectivity index (χ0v) is 13.7. The van der Waals surface area contributed by atoms with Crippen LogP contribution in [0.15, 0.2) is 34.7 Å². The van der Waals surface area contributed by atoms with Crippen LogP contribution >= 0.6 is 0 Å². The van der Waals surface area contributed by atoms with Gasteiger partial charge in [0.05, 0.1) is 6.54 Å². The van der Waals surface area contributed by atoms with E-state index in [2.05, 4.69) is 56.2 Å². The summed E-state index contributed by atoms with van der Waals surface area (Å²) in [6.07, 6.45) is 0. The second-order valence-corrected chi connectivity index (χ2v) is 6.02. The van der Waals surface area contributed by atoms with Crippen molar-refractivity contribution in [3.05, 3.63) is 53.0 Å². The molecular weight excluding hydrogens is 260 g/mol. The van der Waals surface area contributed by atoms with Crippen LogP contribution in [-0.4, -0.2) is 13.1 Å². The van der Waals surface area contributed by atoms with E-state index in [0.29, 0.717) is 6.04 Å². The molecule has 0 aliphatic rings. The van der Waals surface area contributed by atoms with Gasteiger partial charge in [0.15, 0.2) is 0 Å². The first-order valence-electron chi connectivity index (χ1n) is 7.55. The van der Waals surface area contributed by atoms with Crippen LogP contribution in [0.2, 0.25) is 0 Å². The fraction of sp³-hybridized carbons (Fsp3) is 0.444. The van der Waals surface area contributed by atoms with Gasteiger partial charge >= 0.3 is 0 Å². The number of aryl methyl sites for hydroxylation is 2. The molecule has 3 heteroatoms. The summed E-state index contributed by atoms with van der Waals surface area (Å²) in [6, 6.07) is 11.2. The summed E-state index contributed by atoms with van der Waals surface area (Å²) in [6.45, 7) is 10.2. The van der Waals surface area contributed by atoms with Gasteiger partial charge in [0.25, 0.3) is 0 Å². The Bertz CT molecular complexity index is 587. The number of hydrogen-bond donors (Lipinski definition) is 1. The van der Waals surface area contributed by atoms with Crippen molar-refractivity contribution in [3.8, 4) is 0 Å². The molecule has 1 N–H and O–H groups in total. The Labute approximate surface area is 128 Å². The van der Waals surface area contributed by atoms with Gasteiger partial charge in [-0.1, -0.05) is 26.0 Å². The lowest BCUT2D eigenvalue weighted by molar-refractivity contribution is 0.481. The zero-order chi connectivity index (χ0) is 15.4. The molecule has 0 aliphatic carbocycles. The highest BCUT2D eigenvalue weighted by atomic mass is 16.3. The maximum atomic E-state index is 5.65. The quantitative estimate of drug-likeness (QED) is 0.869. The van der Waals surface area contributed by atoms with Crippen LogP contribution in [0.5, 0.6) is 0 Å². The number of benzene rings is 1. The molecule has 0 amide bonds. The number of rotatable bonds is 6. The van der Waals surface area contributed by atoms with E-state index in [0.717, 1.165) is 24.6 Å². The Morgan fingerprint density at radius 2 is 1.90 bits per heavy atom. The van der Waals surface area contributed by atoms with Crippen LogP contribution in [0.1, 0.15) is 36.5 Å². The van der Waals surface area contributed by atoms with Crippen molar-refractivity contribution in [2.75, 3.05) is 11.9 Å². The van der Waals surface area contributed by atoms with Crippen molar-refractivity contribution in [1.82, 2.24) is 5.32 Å². The molecule has 0 unspecified atom stereocenters. The summed E-state index contributed by atoms with van der Waals surface area (Å²) >= 11 is 0. The number of hydrogen-bond acceptors (Lipinski definition) is 3. The van der Waals surface area contributed by atoms with Crippen LogP contribution in [0.4, 0.5) is 5.69 Å². The third kappa shape index (κ3) is 4.36. The summed E-state index contributed by atoms with van der Waals surface area (Å²) in [5, 5.41) is 3.45. The molecule has 0 saturated heterocycles. The lowest BCUT2D eigenvalue weighted by Gasteiger charge is -2.21. The van der Waals surface area contributed by atoms with Crippen molar-refractivity contribution in [2.24, 2.45) is 0 Å². The zero-order valence-electron chi connectivity index (χ0n) is 13.7. The fourth-order valence-corrected chi connectivity index (χ4v) is 2.47. The molecule has 0 spiro atoms. The highest BCUT2D eigenvalue weighted by molar-refractivity contribution is 5.54. The number of anilines is 1. The van der Waals surface area contributed by atoms with Gasteiger partial charge in [0.1, 0.15) is 11.5 Å². The van der Waals surface area contributed by atoms with Gasteiger partial charge in [-0.25, -0.2) is 0 Å². The first-order valence-corrected chi connectivity index (χ1v) is 7.55. The highest BCUT2D eigenvalue weighted by Crippen LogP contribution is 2.22. The summed E-state index contributed by atoms with van der Waals surface area (Å²) in [5.74, 6) is 1.96. The van der Waals surface area contributed by atoms with E-state index in [4.69, 9.17) is 4.42 Å². The first-order chi connectivity index (χ1) is 9.95. The van der Waals surface area contributed by atoms with E-state index in [1.807, 2.05) is 19.1 Å². The van der Waals surface area contributed by atoms with E-state index in [-0.39, 0.29) is 0 Å². The monoisotopic (exact) mass is 286 g/mol. The minimum absolute atomic E-state index is 0.509. The van der Waals surface area contributed by atoms with Gasteiger partial charge in [-0.2, -0.15) is 0 Å². The van der Waals surface area contributed by atoms with Gasteiger partial charge in [-0.15, -0.1) is 0 Å². The van der Waals surface area contributed by atoms with Crippen LogP contribution in [0.25, 0.3) is 0 Å². The molecule has 1 heterocycles. The molecule has 0 aliphatic heterocycles. The molecule has 0 bridgehead atoms. The molecule has 2 aromatic rings. The maximum absolute atomic E-state index is 5.65. The van der Waals surface area contributed by atoms with Crippen LogP contribution in [0, 0.1) is 13.8 Å². The van der Waals surface area contributed by atoms with Gasteiger partial charge in [0.2, 0.25) is 0 Å². The Hall–Kier alpha value is -1.74. The van der Waals surface area contributed by atoms with Gasteiger partial charge in [-0.05, 0) is 43.2 Å². The third-order valence-electron chi connectivity index (χ3n) is 3.58. The summed E-state index contributed by atoms with van der Waals surface area (Å²) < 4.78 is 5.65. The van der Waals surface area contributed by atoms with Crippen molar-refractivity contribution in [1.29, 1.82) is 0 Å². The average Bonchev–Trinajstić information content (AvgIpc) is 2.81. The summed E-state index contributed by atoms with van der Waals surface area (Å²) in [7, 11) is 2.10. The molecule has 0 radical (unpaired) electrons. The minimum atomic E-state index is 0.509. The Morgan fingerprint density at radius 1 is 1.14 bits per heavy atom. The topological polar surface area (TPSA) is 28.4 Å². The van der Waals surface area contributed by atoms with Gasteiger partial charge in [-0.3, -0.25) is 0 Å². The van der Waals surface area contributed by atoms with Crippen LogP contribution in [0.3, 0.4) is 0 Å². The Balaban J connectivity index is 2.05. The first kappa shape index (κ1) is 15.6. The Morgan fingerprint density at radius 3 is 2.48 bits per heavy atom. The number of nitrogens with one attached hydrogen (secondary N) is 1. The molecule has 0 atom stereocenters. The average molecular weight is 286 g/mol. The van der Waals surface area contributed by atoms with Crippen molar-refractivity contribution >= 4 is 5.69 Å². The van der Waals surface area contributed by atoms with Crippen LogP contribution < -0.4 is 10.2 Å². The Kier molecular flexibility index (Phi) is 5.07. The molecule has 1 aromatic carbocycles. The second-order valence-electron chi connectivity index (χ2n) is 6.02. The van der Waals surface area contributed by atoms with Gasteiger partial charge in [0, 0.05) is 25.3 Å². The molecule has 3 nitrogen and oxygen atoms in total. The lowest BCUT2D eigenvalue weighted by Crippen LogP contribution is -2.22. The van der Waals surface area contributed by atoms with Crippen molar-refractivity contribution < 1.29 is 4.42 Å². The van der Waals surface area contributed by atoms with Crippen molar-refractivity contribution in [2.45, 2.75) is 46.8 Å². The maximum Gasteiger partial charge on any atom is 0.123 e. The molecule has 21 heavy (non-hydrogen) atoms. The van der Waals surface area contributed by atoms with Crippen LogP contribution in [-0.2, 0) is 13.1 Å².